The van der Waals surface area contributed by atoms with E-state index >= 15 is 0 Å². The topological polar surface area (TPSA) is 102 Å². The standard InChI is InChI=1S/C22H28Cl2N2O5S/c1-11(2)26-32(29,30)10-18(27)19-13(5)25-14(6)20(22(28)31-12(3)4)21(19)16-9-15(23)7-8-17(16)24/h7-9,11-12,21,25-26H,10H2,1-6H3. The summed E-state index contributed by atoms with van der Waals surface area (Å²) in [7, 11) is -3.90. The lowest BCUT2D eigenvalue weighted by Gasteiger charge is -2.32. The van der Waals surface area contributed by atoms with E-state index in [0.717, 1.165) is 0 Å². The highest BCUT2D eigenvalue weighted by molar-refractivity contribution is 7.90. The van der Waals surface area contributed by atoms with Gasteiger partial charge in [-0.2, -0.15) is 0 Å². The Kier molecular flexibility index (Phi) is 8.56. The highest BCUT2D eigenvalue weighted by atomic mass is 35.5. The van der Waals surface area contributed by atoms with Gasteiger partial charge in [-0.3, -0.25) is 4.79 Å². The molecule has 0 radical (unpaired) electrons. The molecule has 2 rings (SSSR count). The summed E-state index contributed by atoms with van der Waals surface area (Å²) in [6.45, 7) is 10.1. The molecule has 0 saturated heterocycles. The van der Waals surface area contributed by atoms with Crippen LogP contribution in [0.5, 0.6) is 0 Å². The Balaban J connectivity index is 2.67. The number of rotatable bonds is 8. The average molecular weight is 503 g/mol. The number of sulfonamides is 1. The minimum absolute atomic E-state index is 0.115. The van der Waals surface area contributed by atoms with Gasteiger partial charge in [0.1, 0.15) is 5.75 Å². The first-order valence-corrected chi connectivity index (χ1v) is 12.5. The van der Waals surface area contributed by atoms with Crippen LogP contribution in [0.15, 0.2) is 40.7 Å². The third-order valence-corrected chi connectivity index (χ3v) is 6.68. The van der Waals surface area contributed by atoms with Crippen molar-refractivity contribution in [1.82, 2.24) is 10.0 Å². The van der Waals surface area contributed by atoms with Crippen molar-refractivity contribution in [3.05, 3.63) is 56.3 Å². The lowest BCUT2D eigenvalue weighted by Crippen LogP contribution is -2.38. The fraction of sp³-hybridized carbons (Fsp3) is 0.455. The maximum absolute atomic E-state index is 13.3. The summed E-state index contributed by atoms with van der Waals surface area (Å²) in [5.74, 6) is -3.02. The zero-order valence-corrected chi connectivity index (χ0v) is 21.2. The molecule has 176 valence electrons. The number of hydrogen-bond donors (Lipinski definition) is 2. The molecular formula is C22H28Cl2N2O5S. The van der Waals surface area contributed by atoms with E-state index in [1.54, 1.807) is 59.7 Å². The molecule has 0 saturated carbocycles. The molecule has 0 fully saturated rings. The molecule has 0 spiro atoms. The van der Waals surface area contributed by atoms with Crippen LogP contribution < -0.4 is 10.0 Å². The van der Waals surface area contributed by atoms with Crippen molar-refractivity contribution in [2.24, 2.45) is 0 Å². The number of hydrogen-bond acceptors (Lipinski definition) is 6. The number of carbonyl (C=O) groups is 2. The number of Topliss-reactive ketones (excluding diaryl/α,β-unsaturated/α-hetero) is 1. The molecule has 0 aromatic heterocycles. The fourth-order valence-corrected chi connectivity index (χ4v) is 5.32. The van der Waals surface area contributed by atoms with Crippen molar-refractivity contribution >= 4 is 45.0 Å². The van der Waals surface area contributed by atoms with E-state index in [4.69, 9.17) is 27.9 Å². The van der Waals surface area contributed by atoms with Gasteiger partial charge in [0.15, 0.2) is 5.78 Å². The van der Waals surface area contributed by atoms with Gasteiger partial charge in [-0.15, -0.1) is 0 Å². The summed E-state index contributed by atoms with van der Waals surface area (Å²) in [4.78, 5) is 26.4. The van der Waals surface area contributed by atoms with Gasteiger partial charge >= 0.3 is 5.97 Å². The summed E-state index contributed by atoms with van der Waals surface area (Å²) in [5.41, 5.74) is 1.60. The molecule has 1 atom stereocenters. The molecule has 1 aliphatic rings. The number of ketones is 1. The van der Waals surface area contributed by atoms with Crippen LogP contribution in [0, 0.1) is 0 Å². The normalized spacial score (nSPS) is 17.1. The molecule has 0 aliphatic carbocycles. The zero-order chi connectivity index (χ0) is 24.4. The van der Waals surface area contributed by atoms with Crippen LogP contribution in [0.2, 0.25) is 10.0 Å². The van der Waals surface area contributed by atoms with Gasteiger partial charge < -0.3 is 10.1 Å². The summed E-state index contributed by atoms with van der Waals surface area (Å²) in [5, 5.41) is 3.66. The van der Waals surface area contributed by atoms with Crippen molar-refractivity contribution in [1.29, 1.82) is 0 Å². The third kappa shape index (κ3) is 6.34. The van der Waals surface area contributed by atoms with E-state index in [-0.39, 0.29) is 22.2 Å². The van der Waals surface area contributed by atoms with Crippen LogP contribution >= 0.6 is 23.2 Å². The first-order valence-electron chi connectivity index (χ1n) is 10.1. The molecule has 1 aliphatic heterocycles. The maximum Gasteiger partial charge on any atom is 0.337 e. The largest absolute Gasteiger partial charge is 0.460 e. The van der Waals surface area contributed by atoms with Crippen molar-refractivity contribution in [2.45, 2.75) is 59.6 Å². The van der Waals surface area contributed by atoms with E-state index in [2.05, 4.69) is 10.0 Å². The van der Waals surface area contributed by atoms with Crippen LogP contribution in [0.1, 0.15) is 53.0 Å². The predicted molar refractivity (Wildman–Crippen MR) is 126 cm³/mol. The molecule has 1 aromatic carbocycles. The van der Waals surface area contributed by atoms with Crippen LogP contribution in [0.4, 0.5) is 0 Å². The number of carbonyl (C=O) groups excluding carboxylic acids is 2. The number of nitrogens with one attached hydrogen (secondary N) is 2. The van der Waals surface area contributed by atoms with Crippen LogP contribution in [-0.2, 0) is 24.3 Å². The minimum Gasteiger partial charge on any atom is -0.460 e. The molecule has 2 N–H and O–H groups in total. The van der Waals surface area contributed by atoms with E-state index in [1.165, 1.54) is 0 Å². The zero-order valence-electron chi connectivity index (χ0n) is 18.9. The lowest BCUT2D eigenvalue weighted by atomic mass is 9.79. The second-order valence-electron chi connectivity index (χ2n) is 8.21. The van der Waals surface area contributed by atoms with E-state index in [9.17, 15) is 18.0 Å². The van der Waals surface area contributed by atoms with Gasteiger partial charge in [0.25, 0.3) is 0 Å². The Morgan fingerprint density at radius 3 is 2.25 bits per heavy atom. The van der Waals surface area contributed by atoms with Gasteiger partial charge in [-0.25, -0.2) is 17.9 Å². The van der Waals surface area contributed by atoms with Crippen molar-refractivity contribution in [3.63, 3.8) is 0 Å². The van der Waals surface area contributed by atoms with E-state index < -0.39 is 39.6 Å². The van der Waals surface area contributed by atoms with Crippen LogP contribution in [-0.4, -0.2) is 38.1 Å². The first-order chi connectivity index (χ1) is 14.7. The Morgan fingerprint density at radius 2 is 1.69 bits per heavy atom. The molecule has 1 unspecified atom stereocenters. The van der Waals surface area contributed by atoms with Crippen LogP contribution in [0.25, 0.3) is 0 Å². The van der Waals surface area contributed by atoms with Gasteiger partial charge in [0.2, 0.25) is 10.0 Å². The van der Waals surface area contributed by atoms with Gasteiger partial charge in [-0.1, -0.05) is 23.2 Å². The SMILES string of the molecule is CC1=C(C(=O)CS(=O)(=O)NC(C)C)C(c2cc(Cl)ccc2Cl)C(C(=O)OC(C)C)=C(C)N1. The second-order valence-corrected chi connectivity index (χ2v) is 10.8. The molecule has 7 nitrogen and oxygen atoms in total. The maximum atomic E-state index is 13.3. The van der Waals surface area contributed by atoms with Crippen molar-refractivity contribution < 1.29 is 22.7 Å². The highest BCUT2D eigenvalue weighted by Crippen LogP contribution is 2.42. The monoisotopic (exact) mass is 502 g/mol. The number of benzene rings is 1. The van der Waals surface area contributed by atoms with Gasteiger partial charge in [-0.05, 0) is 65.3 Å². The van der Waals surface area contributed by atoms with Crippen molar-refractivity contribution in [3.8, 4) is 0 Å². The molecule has 32 heavy (non-hydrogen) atoms. The summed E-state index contributed by atoms with van der Waals surface area (Å²) < 4.78 is 32.8. The van der Waals surface area contributed by atoms with Gasteiger partial charge in [0, 0.05) is 39.0 Å². The summed E-state index contributed by atoms with van der Waals surface area (Å²) in [6, 6.07) is 4.35. The van der Waals surface area contributed by atoms with E-state index in [1.807, 2.05) is 0 Å². The highest BCUT2D eigenvalue weighted by Gasteiger charge is 2.39. The average Bonchev–Trinajstić information content (AvgIpc) is 2.60. The number of esters is 1. The molecular weight excluding hydrogens is 475 g/mol. The number of allylic oxidation sites excluding steroid dienone is 3. The first kappa shape index (κ1) is 26.4. The third-order valence-electron chi connectivity index (χ3n) is 4.63. The summed E-state index contributed by atoms with van der Waals surface area (Å²) in [6.07, 6.45) is -0.403. The van der Waals surface area contributed by atoms with E-state index in [0.29, 0.717) is 22.0 Å². The molecule has 0 bridgehead atoms. The fourth-order valence-electron chi connectivity index (χ4n) is 3.61. The summed E-state index contributed by atoms with van der Waals surface area (Å²) >= 11 is 12.7. The smallest absolute Gasteiger partial charge is 0.337 e. The minimum atomic E-state index is -3.90. The number of dihydropyridines is 1. The second kappa shape index (κ2) is 10.4. The van der Waals surface area contributed by atoms with Crippen molar-refractivity contribution in [2.75, 3.05) is 5.75 Å². The predicted octanol–water partition coefficient (Wildman–Crippen LogP) is 4.08. The molecule has 0 amide bonds. The molecule has 1 aromatic rings. The number of halogens is 2. The van der Waals surface area contributed by atoms with Gasteiger partial charge in [0.05, 0.1) is 11.7 Å². The Labute approximate surface area is 199 Å². The molecule has 10 heteroatoms. The lowest BCUT2D eigenvalue weighted by molar-refractivity contribution is -0.143. The Morgan fingerprint density at radius 1 is 1.09 bits per heavy atom. The molecule has 1 heterocycles. The Hall–Kier alpha value is -1.87. The Bertz CT molecular complexity index is 1090. The quantitative estimate of drug-likeness (QED) is 0.519. The number of ether oxygens (including phenoxy) is 1. The van der Waals surface area contributed by atoms with Crippen LogP contribution in [0.3, 0.4) is 0 Å².